The maximum atomic E-state index is 6.53. The lowest BCUT2D eigenvalue weighted by atomic mass is 10.1. The molecule has 1 heterocycles. The summed E-state index contributed by atoms with van der Waals surface area (Å²) in [5.74, 6) is 0.821. The zero-order chi connectivity index (χ0) is 13.3. The van der Waals surface area contributed by atoms with Gasteiger partial charge in [-0.3, -0.25) is 0 Å². The molecule has 0 aliphatic carbocycles. The Kier molecular flexibility index (Phi) is 4.36. The molecule has 0 aliphatic rings. The molecule has 4 heteroatoms. The summed E-state index contributed by atoms with van der Waals surface area (Å²) in [6.45, 7) is 4.24. The number of aryl methyl sites for hydroxylation is 2. The van der Waals surface area contributed by atoms with Gasteiger partial charge in [0.1, 0.15) is 5.75 Å². The second-order valence-corrected chi connectivity index (χ2v) is 6.72. The van der Waals surface area contributed by atoms with Crippen LogP contribution >= 0.6 is 38.9 Å². The minimum absolute atomic E-state index is 0.107. The Hall–Kier alpha value is -0.510. The van der Waals surface area contributed by atoms with Crippen molar-refractivity contribution in [1.29, 1.82) is 0 Å². The number of rotatable bonds is 3. The third-order valence-electron chi connectivity index (χ3n) is 2.90. The van der Waals surface area contributed by atoms with Crippen LogP contribution in [0.4, 0.5) is 0 Å². The van der Waals surface area contributed by atoms with Crippen LogP contribution in [0.25, 0.3) is 0 Å². The van der Waals surface area contributed by atoms with E-state index in [0.29, 0.717) is 0 Å². The number of hydrogen-bond donors (Lipinski definition) is 0. The van der Waals surface area contributed by atoms with Gasteiger partial charge in [0, 0.05) is 9.75 Å². The summed E-state index contributed by atoms with van der Waals surface area (Å²) < 4.78 is 6.15. The molecule has 0 amide bonds. The van der Waals surface area contributed by atoms with Gasteiger partial charge in [0.15, 0.2) is 0 Å². The minimum atomic E-state index is -0.107. The van der Waals surface area contributed by atoms with E-state index in [0.717, 1.165) is 15.8 Å². The fraction of sp³-hybridized carbons (Fsp3) is 0.286. The van der Waals surface area contributed by atoms with Gasteiger partial charge in [-0.15, -0.1) is 22.9 Å². The maximum Gasteiger partial charge on any atom is 0.133 e. The van der Waals surface area contributed by atoms with Crippen molar-refractivity contribution in [2.45, 2.75) is 19.2 Å². The molecule has 1 nitrogen and oxygen atoms in total. The SMILES string of the molecule is COc1ccc(C(Cl)c2cc(C)c(C)s2)cc1Br. The summed E-state index contributed by atoms with van der Waals surface area (Å²) >= 11 is 11.8. The van der Waals surface area contributed by atoms with E-state index in [1.165, 1.54) is 15.3 Å². The summed E-state index contributed by atoms with van der Waals surface area (Å²) in [5.41, 5.74) is 2.37. The van der Waals surface area contributed by atoms with E-state index in [1.54, 1.807) is 18.4 Å². The van der Waals surface area contributed by atoms with Crippen molar-refractivity contribution in [3.05, 3.63) is 49.6 Å². The molecule has 1 aromatic carbocycles. The lowest BCUT2D eigenvalue weighted by molar-refractivity contribution is 0.412. The van der Waals surface area contributed by atoms with Crippen molar-refractivity contribution in [2.24, 2.45) is 0 Å². The fourth-order valence-electron chi connectivity index (χ4n) is 1.73. The average Bonchev–Trinajstić information content (AvgIpc) is 2.68. The van der Waals surface area contributed by atoms with Crippen LogP contribution < -0.4 is 4.74 Å². The predicted molar refractivity (Wildman–Crippen MR) is 82.2 cm³/mol. The zero-order valence-electron chi connectivity index (χ0n) is 10.5. The Balaban J connectivity index is 2.33. The molecule has 1 atom stereocenters. The second kappa shape index (κ2) is 5.64. The van der Waals surface area contributed by atoms with E-state index in [1.807, 2.05) is 18.2 Å². The molecule has 2 aromatic rings. The number of thiophene rings is 1. The van der Waals surface area contributed by atoms with Crippen molar-refractivity contribution in [3.63, 3.8) is 0 Å². The number of ether oxygens (including phenoxy) is 1. The molecule has 1 aromatic heterocycles. The molecule has 18 heavy (non-hydrogen) atoms. The van der Waals surface area contributed by atoms with Crippen LogP contribution in [-0.2, 0) is 0 Å². The van der Waals surface area contributed by atoms with Gasteiger partial charge in [-0.1, -0.05) is 6.07 Å². The Bertz CT molecular complexity index is 545. The summed E-state index contributed by atoms with van der Waals surface area (Å²) in [6, 6.07) is 8.12. The van der Waals surface area contributed by atoms with Crippen LogP contribution in [0.5, 0.6) is 5.75 Å². The molecule has 1 unspecified atom stereocenters. The molecule has 0 aliphatic heterocycles. The highest BCUT2D eigenvalue weighted by molar-refractivity contribution is 9.10. The van der Waals surface area contributed by atoms with Gasteiger partial charge in [-0.2, -0.15) is 0 Å². The highest BCUT2D eigenvalue weighted by Crippen LogP contribution is 2.37. The van der Waals surface area contributed by atoms with Crippen molar-refractivity contribution in [1.82, 2.24) is 0 Å². The van der Waals surface area contributed by atoms with Gasteiger partial charge in [-0.25, -0.2) is 0 Å². The Morgan fingerprint density at radius 2 is 2.00 bits per heavy atom. The minimum Gasteiger partial charge on any atom is -0.496 e. The first-order chi connectivity index (χ1) is 8.52. The van der Waals surface area contributed by atoms with E-state index in [-0.39, 0.29) is 5.38 Å². The van der Waals surface area contributed by atoms with Crippen LogP contribution in [0.15, 0.2) is 28.7 Å². The Morgan fingerprint density at radius 1 is 1.28 bits per heavy atom. The Morgan fingerprint density at radius 3 is 2.50 bits per heavy atom. The first-order valence-electron chi connectivity index (χ1n) is 5.57. The maximum absolute atomic E-state index is 6.53. The molecule has 0 spiro atoms. The number of methoxy groups -OCH3 is 1. The second-order valence-electron chi connectivity index (χ2n) is 4.14. The van der Waals surface area contributed by atoms with Crippen LogP contribution in [0.2, 0.25) is 0 Å². The zero-order valence-corrected chi connectivity index (χ0v) is 13.6. The predicted octanol–water partition coefficient (Wildman–Crippen LogP) is 5.46. The van der Waals surface area contributed by atoms with Gasteiger partial charge in [-0.05, 0) is 59.1 Å². The van der Waals surface area contributed by atoms with Crippen molar-refractivity contribution < 1.29 is 4.74 Å². The van der Waals surface area contributed by atoms with Gasteiger partial charge in [0.05, 0.1) is 17.0 Å². The molecule has 2 rings (SSSR count). The van der Waals surface area contributed by atoms with E-state index in [2.05, 4.69) is 35.8 Å². The molecule has 0 fully saturated rings. The smallest absolute Gasteiger partial charge is 0.133 e. The summed E-state index contributed by atoms with van der Waals surface area (Å²) in [5, 5.41) is -0.107. The standard InChI is InChI=1S/C14H14BrClOS/c1-8-6-13(18-9(8)2)14(16)10-4-5-12(17-3)11(15)7-10/h4-7,14H,1-3H3. The van der Waals surface area contributed by atoms with E-state index >= 15 is 0 Å². The third kappa shape index (κ3) is 2.73. The fourth-order valence-corrected chi connectivity index (χ4v) is 3.67. The molecule has 96 valence electrons. The van der Waals surface area contributed by atoms with Crippen LogP contribution in [-0.4, -0.2) is 7.11 Å². The van der Waals surface area contributed by atoms with E-state index in [4.69, 9.17) is 16.3 Å². The summed E-state index contributed by atoms with van der Waals surface area (Å²) in [7, 11) is 1.66. The van der Waals surface area contributed by atoms with Crippen molar-refractivity contribution in [3.8, 4) is 5.75 Å². The highest BCUT2D eigenvalue weighted by atomic mass is 79.9. The molecule has 0 saturated carbocycles. The number of halogens is 2. The van der Waals surface area contributed by atoms with Gasteiger partial charge in [0.2, 0.25) is 0 Å². The molecular formula is C14H14BrClOS. The van der Waals surface area contributed by atoms with Gasteiger partial charge >= 0.3 is 0 Å². The normalized spacial score (nSPS) is 12.5. The monoisotopic (exact) mass is 344 g/mol. The summed E-state index contributed by atoms with van der Waals surface area (Å²) in [6.07, 6.45) is 0. The molecule has 0 N–H and O–H groups in total. The number of hydrogen-bond acceptors (Lipinski definition) is 2. The number of benzene rings is 1. The molecule has 0 radical (unpaired) electrons. The quantitative estimate of drug-likeness (QED) is 0.671. The van der Waals surface area contributed by atoms with E-state index in [9.17, 15) is 0 Å². The topological polar surface area (TPSA) is 9.23 Å². The lowest BCUT2D eigenvalue weighted by Crippen LogP contribution is -1.92. The first kappa shape index (κ1) is 13.9. The van der Waals surface area contributed by atoms with Crippen LogP contribution in [0.1, 0.15) is 26.3 Å². The van der Waals surface area contributed by atoms with Crippen molar-refractivity contribution >= 4 is 38.9 Å². The Labute approximate surface area is 125 Å². The third-order valence-corrected chi connectivity index (χ3v) is 5.36. The van der Waals surface area contributed by atoms with E-state index < -0.39 is 0 Å². The molecule has 0 bridgehead atoms. The average molecular weight is 346 g/mol. The lowest BCUT2D eigenvalue weighted by Gasteiger charge is -2.10. The van der Waals surface area contributed by atoms with Gasteiger partial charge in [0.25, 0.3) is 0 Å². The largest absolute Gasteiger partial charge is 0.496 e. The van der Waals surface area contributed by atoms with Crippen LogP contribution in [0, 0.1) is 13.8 Å². The first-order valence-corrected chi connectivity index (χ1v) is 7.62. The van der Waals surface area contributed by atoms with Crippen molar-refractivity contribution in [2.75, 3.05) is 7.11 Å². The molecule has 0 saturated heterocycles. The van der Waals surface area contributed by atoms with Crippen LogP contribution in [0.3, 0.4) is 0 Å². The summed E-state index contributed by atoms with van der Waals surface area (Å²) in [4.78, 5) is 2.51. The molecular weight excluding hydrogens is 332 g/mol. The van der Waals surface area contributed by atoms with Gasteiger partial charge < -0.3 is 4.74 Å². The highest BCUT2D eigenvalue weighted by Gasteiger charge is 2.15. The number of alkyl halides is 1.